The van der Waals surface area contributed by atoms with Crippen molar-refractivity contribution in [2.45, 2.75) is 25.6 Å². The van der Waals surface area contributed by atoms with Crippen LogP contribution in [0.1, 0.15) is 27.6 Å². The van der Waals surface area contributed by atoms with E-state index in [1.54, 1.807) is 11.3 Å². The van der Waals surface area contributed by atoms with Gasteiger partial charge in [-0.05, 0) is 22.6 Å². The van der Waals surface area contributed by atoms with Crippen LogP contribution in [0.5, 0.6) is 0 Å². The average molecular weight is 421 g/mol. The summed E-state index contributed by atoms with van der Waals surface area (Å²) in [5.41, 5.74) is 3.74. The number of hydrogen-bond donors (Lipinski definition) is 3. The van der Waals surface area contributed by atoms with E-state index in [-0.39, 0.29) is 6.04 Å². The molecule has 0 bridgehead atoms. The van der Waals surface area contributed by atoms with Crippen LogP contribution in [0, 0.1) is 0 Å². The molecule has 2 aromatic carbocycles. The summed E-state index contributed by atoms with van der Waals surface area (Å²) in [7, 11) is 0. The maximum Gasteiger partial charge on any atom is 0.309 e. The second-order valence-electron chi connectivity index (χ2n) is 7.55. The quantitative estimate of drug-likeness (QED) is 0.533. The molecule has 0 radical (unpaired) electrons. The van der Waals surface area contributed by atoms with E-state index in [0.29, 0.717) is 13.1 Å². The van der Waals surface area contributed by atoms with Gasteiger partial charge < -0.3 is 15.5 Å². The highest BCUT2D eigenvalue weighted by Crippen LogP contribution is 2.19. The summed E-state index contributed by atoms with van der Waals surface area (Å²) in [4.78, 5) is 27.3. The van der Waals surface area contributed by atoms with Gasteiger partial charge in [-0.25, -0.2) is 0 Å². The highest BCUT2D eigenvalue weighted by molar-refractivity contribution is 7.10. The first-order valence-electron chi connectivity index (χ1n) is 10.3. The number of hydrogen-bond acceptors (Lipinski definition) is 3. The molecule has 2 amide bonds. The molecule has 0 fully saturated rings. The zero-order chi connectivity index (χ0) is 20.8. The topological polar surface area (TPSA) is 62.6 Å². The van der Waals surface area contributed by atoms with Crippen molar-refractivity contribution < 1.29 is 14.5 Å². The van der Waals surface area contributed by atoms with Gasteiger partial charge in [0.25, 0.3) is 0 Å². The fraction of sp³-hybridized carbons (Fsp3) is 0.250. The van der Waals surface area contributed by atoms with E-state index in [9.17, 15) is 9.59 Å². The van der Waals surface area contributed by atoms with Gasteiger partial charge >= 0.3 is 11.8 Å². The van der Waals surface area contributed by atoms with Gasteiger partial charge in [0.15, 0.2) is 0 Å². The molecular weight excluding hydrogens is 394 g/mol. The molecule has 0 saturated carbocycles. The summed E-state index contributed by atoms with van der Waals surface area (Å²) in [5, 5.41) is 7.62. The molecule has 0 aliphatic carbocycles. The Morgan fingerprint density at radius 3 is 2.40 bits per heavy atom. The third-order valence-electron chi connectivity index (χ3n) is 5.60. The van der Waals surface area contributed by atoms with Crippen LogP contribution in [-0.4, -0.2) is 24.9 Å². The van der Waals surface area contributed by atoms with Gasteiger partial charge in [0.1, 0.15) is 12.6 Å². The molecule has 30 heavy (non-hydrogen) atoms. The standard InChI is InChI=1S/C24H25N3O2S/c28-23(25-15-18-7-2-1-3-8-18)24(29)26-16-21(22-11-6-14-30-22)27-13-12-19-9-4-5-10-20(19)17-27/h1-11,14,21H,12-13,15-17H2,(H,25,28)(H,26,29)/p+1/t21-/m0/s1. The SMILES string of the molecule is O=C(NCc1ccccc1)C(=O)NC[C@@H](c1cccs1)[NH+]1CCc2ccccc2C1. The lowest BCUT2D eigenvalue weighted by Crippen LogP contribution is -3.12. The molecule has 3 aromatic rings. The molecule has 6 heteroatoms. The number of thiophene rings is 1. The van der Waals surface area contributed by atoms with Crippen molar-refractivity contribution in [2.75, 3.05) is 13.1 Å². The van der Waals surface area contributed by atoms with Crippen molar-refractivity contribution in [3.63, 3.8) is 0 Å². The third-order valence-corrected chi connectivity index (χ3v) is 6.59. The van der Waals surface area contributed by atoms with Gasteiger partial charge in [0, 0.05) is 18.5 Å². The zero-order valence-electron chi connectivity index (χ0n) is 16.8. The van der Waals surface area contributed by atoms with Crippen molar-refractivity contribution >= 4 is 23.2 Å². The molecule has 154 valence electrons. The Bertz CT molecular complexity index is 989. The molecule has 1 aliphatic heterocycles. The Balaban J connectivity index is 1.37. The molecule has 5 nitrogen and oxygen atoms in total. The highest BCUT2D eigenvalue weighted by Gasteiger charge is 2.30. The van der Waals surface area contributed by atoms with Crippen LogP contribution in [0.4, 0.5) is 0 Å². The third kappa shape index (κ3) is 4.96. The van der Waals surface area contributed by atoms with Crippen molar-refractivity contribution in [3.8, 4) is 0 Å². The maximum absolute atomic E-state index is 12.4. The van der Waals surface area contributed by atoms with Crippen LogP contribution < -0.4 is 15.5 Å². The summed E-state index contributed by atoms with van der Waals surface area (Å²) >= 11 is 1.70. The molecule has 0 spiro atoms. The first kappa shape index (κ1) is 20.3. The highest BCUT2D eigenvalue weighted by atomic mass is 32.1. The predicted molar refractivity (Wildman–Crippen MR) is 118 cm³/mol. The van der Waals surface area contributed by atoms with Crippen LogP contribution >= 0.6 is 11.3 Å². The maximum atomic E-state index is 12.4. The van der Waals surface area contributed by atoms with Crippen molar-refractivity contribution in [1.29, 1.82) is 0 Å². The largest absolute Gasteiger partial charge is 0.344 e. The van der Waals surface area contributed by atoms with E-state index in [0.717, 1.165) is 25.1 Å². The van der Waals surface area contributed by atoms with Gasteiger partial charge in [0.2, 0.25) is 0 Å². The number of nitrogens with one attached hydrogen (secondary N) is 3. The molecule has 1 aromatic heterocycles. The molecule has 1 aliphatic rings. The Hall–Kier alpha value is -2.96. The molecule has 2 atom stereocenters. The van der Waals surface area contributed by atoms with E-state index < -0.39 is 11.8 Å². The number of rotatable bonds is 6. The minimum absolute atomic E-state index is 0.129. The fourth-order valence-electron chi connectivity index (χ4n) is 3.97. The molecule has 1 unspecified atom stereocenters. The average Bonchev–Trinajstić information content (AvgIpc) is 3.32. The Labute approximate surface area is 180 Å². The van der Waals surface area contributed by atoms with Crippen molar-refractivity contribution in [3.05, 3.63) is 93.7 Å². The lowest BCUT2D eigenvalue weighted by atomic mass is 9.98. The van der Waals surface area contributed by atoms with Gasteiger partial charge in [0.05, 0.1) is 18.0 Å². The van der Waals surface area contributed by atoms with Crippen LogP contribution in [0.15, 0.2) is 72.1 Å². The van der Waals surface area contributed by atoms with Gasteiger partial charge in [-0.1, -0.05) is 60.7 Å². The van der Waals surface area contributed by atoms with Crippen molar-refractivity contribution in [2.24, 2.45) is 0 Å². The van der Waals surface area contributed by atoms with Gasteiger partial charge in [-0.2, -0.15) is 0 Å². The normalized spacial score (nSPS) is 16.3. The summed E-state index contributed by atoms with van der Waals surface area (Å²) in [6.45, 7) is 2.72. The second kappa shape index (κ2) is 9.69. The van der Waals surface area contributed by atoms with E-state index >= 15 is 0 Å². The number of carbonyl (C=O) groups excluding carboxylic acids is 2. The zero-order valence-corrected chi connectivity index (χ0v) is 17.6. The van der Waals surface area contributed by atoms with Gasteiger partial charge in [-0.15, -0.1) is 11.3 Å². The van der Waals surface area contributed by atoms with Crippen molar-refractivity contribution in [1.82, 2.24) is 10.6 Å². The Morgan fingerprint density at radius 1 is 0.900 bits per heavy atom. The van der Waals surface area contributed by atoms with E-state index in [1.807, 2.05) is 36.4 Å². The Kier molecular flexibility index (Phi) is 6.57. The number of fused-ring (bicyclic) bond motifs is 1. The number of quaternary nitrogens is 1. The van der Waals surface area contributed by atoms with Crippen LogP contribution in [-0.2, 0) is 29.1 Å². The van der Waals surface area contributed by atoms with Crippen LogP contribution in [0.25, 0.3) is 0 Å². The summed E-state index contributed by atoms with van der Waals surface area (Å²) in [6, 6.07) is 22.4. The first-order chi connectivity index (χ1) is 14.7. The van der Waals surface area contributed by atoms with Crippen LogP contribution in [0.3, 0.4) is 0 Å². The van der Waals surface area contributed by atoms with E-state index in [1.165, 1.54) is 20.9 Å². The van der Waals surface area contributed by atoms with E-state index in [2.05, 4.69) is 46.3 Å². The predicted octanol–water partition coefficient (Wildman–Crippen LogP) is 1.86. The summed E-state index contributed by atoms with van der Waals surface area (Å²) in [5.74, 6) is -1.17. The Morgan fingerprint density at radius 2 is 1.63 bits per heavy atom. The molecule has 3 N–H and O–H groups in total. The smallest absolute Gasteiger partial charge is 0.309 e. The molecule has 0 saturated heterocycles. The minimum atomic E-state index is -0.595. The summed E-state index contributed by atoms with van der Waals surface area (Å²) in [6.07, 6.45) is 1.03. The summed E-state index contributed by atoms with van der Waals surface area (Å²) < 4.78 is 0. The van der Waals surface area contributed by atoms with Crippen LogP contribution in [0.2, 0.25) is 0 Å². The lowest BCUT2D eigenvalue weighted by Gasteiger charge is -2.32. The van der Waals surface area contributed by atoms with E-state index in [4.69, 9.17) is 0 Å². The van der Waals surface area contributed by atoms with Gasteiger partial charge in [-0.3, -0.25) is 9.59 Å². The minimum Gasteiger partial charge on any atom is -0.344 e. The second-order valence-corrected chi connectivity index (χ2v) is 8.53. The molecule has 4 rings (SSSR count). The number of carbonyl (C=O) groups is 2. The monoisotopic (exact) mass is 420 g/mol. The number of benzene rings is 2. The number of amides is 2. The lowest BCUT2D eigenvalue weighted by molar-refractivity contribution is -0.945. The fourth-order valence-corrected chi connectivity index (χ4v) is 4.85. The molecular formula is C24H26N3O2S+. The molecule has 2 heterocycles. The first-order valence-corrected chi connectivity index (χ1v) is 11.1.